The van der Waals surface area contributed by atoms with Crippen LogP contribution in [0.5, 0.6) is 0 Å². The molecule has 0 aromatic heterocycles. The predicted molar refractivity (Wildman–Crippen MR) is 68.5 cm³/mol. The second-order valence-corrected chi connectivity index (χ2v) is 4.83. The van der Waals surface area contributed by atoms with Crippen molar-refractivity contribution in [2.24, 2.45) is 0 Å². The van der Waals surface area contributed by atoms with E-state index in [0.717, 1.165) is 25.1 Å². The fourth-order valence-corrected chi connectivity index (χ4v) is 2.41. The molecule has 1 aromatic carbocycles. The number of nitrogens with zero attached hydrogens (tertiary/aromatic N) is 2. The Bertz CT molecular complexity index is 447. The molecule has 0 bridgehead atoms. The van der Waals surface area contributed by atoms with E-state index < -0.39 is 0 Å². The number of rotatable bonds is 3. The van der Waals surface area contributed by atoms with Gasteiger partial charge in [0.05, 0.1) is 11.6 Å². The minimum Gasteiger partial charge on any atom is -0.315 e. The van der Waals surface area contributed by atoms with Crippen molar-refractivity contribution in [2.45, 2.75) is 25.4 Å². The maximum atomic E-state index is 13.2. The van der Waals surface area contributed by atoms with Crippen molar-refractivity contribution in [3.05, 3.63) is 35.1 Å². The van der Waals surface area contributed by atoms with Gasteiger partial charge in [-0.1, -0.05) is 0 Å². The van der Waals surface area contributed by atoms with E-state index in [0.29, 0.717) is 18.2 Å². The van der Waals surface area contributed by atoms with E-state index in [4.69, 9.17) is 5.26 Å². The van der Waals surface area contributed by atoms with Crippen LogP contribution in [-0.2, 0) is 6.54 Å². The van der Waals surface area contributed by atoms with Crippen LogP contribution < -0.4 is 5.32 Å². The molecule has 1 heterocycles. The lowest BCUT2D eigenvalue weighted by molar-refractivity contribution is 0.195. The van der Waals surface area contributed by atoms with Gasteiger partial charge in [0.1, 0.15) is 5.82 Å². The SMILES string of the molecule is CN(Cc1cc(F)ccc1C#N)C1CCCNC1. The van der Waals surface area contributed by atoms with Crippen LogP contribution in [-0.4, -0.2) is 31.1 Å². The lowest BCUT2D eigenvalue weighted by atomic mass is 10.0. The molecule has 2 rings (SSSR count). The Morgan fingerprint density at radius 3 is 3.06 bits per heavy atom. The molecule has 4 heteroatoms. The summed E-state index contributed by atoms with van der Waals surface area (Å²) in [4.78, 5) is 2.20. The first kappa shape index (κ1) is 13.0. The molecule has 1 aromatic rings. The molecule has 1 fully saturated rings. The maximum absolute atomic E-state index is 13.2. The van der Waals surface area contributed by atoms with Gasteiger partial charge in [0, 0.05) is 19.1 Å². The molecule has 0 aliphatic carbocycles. The van der Waals surface area contributed by atoms with Crippen LogP contribution in [0.1, 0.15) is 24.0 Å². The number of halogens is 1. The minimum atomic E-state index is -0.279. The Balaban J connectivity index is 2.08. The average Bonchev–Trinajstić information content (AvgIpc) is 2.40. The fraction of sp³-hybridized carbons (Fsp3) is 0.500. The Morgan fingerprint density at radius 2 is 2.39 bits per heavy atom. The smallest absolute Gasteiger partial charge is 0.123 e. The standard InChI is InChI=1S/C14H18FN3/c1-18(14-3-2-6-17-9-14)10-12-7-13(15)5-4-11(12)8-16/h4-5,7,14,17H,2-3,6,9-10H2,1H3. The van der Waals surface area contributed by atoms with Gasteiger partial charge in [-0.05, 0) is 50.2 Å². The number of piperidine rings is 1. The van der Waals surface area contributed by atoms with Crippen molar-refractivity contribution >= 4 is 0 Å². The monoisotopic (exact) mass is 247 g/mol. The summed E-state index contributed by atoms with van der Waals surface area (Å²) in [5.41, 5.74) is 1.33. The largest absolute Gasteiger partial charge is 0.315 e. The molecule has 96 valence electrons. The molecule has 0 radical (unpaired) electrons. The van der Waals surface area contributed by atoms with Gasteiger partial charge in [-0.15, -0.1) is 0 Å². The van der Waals surface area contributed by atoms with E-state index >= 15 is 0 Å². The van der Waals surface area contributed by atoms with Gasteiger partial charge >= 0.3 is 0 Å². The highest BCUT2D eigenvalue weighted by Gasteiger charge is 2.18. The summed E-state index contributed by atoms with van der Waals surface area (Å²) < 4.78 is 13.2. The van der Waals surface area contributed by atoms with E-state index in [1.165, 1.54) is 18.6 Å². The molecule has 18 heavy (non-hydrogen) atoms. The number of hydrogen-bond acceptors (Lipinski definition) is 3. The Labute approximate surface area is 107 Å². The highest BCUT2D eigenvalue weighted by Crippen LogP contribution is 2.16. The first-order valence-corrected chi connectivity index (χ1v) is 6.30. The zero-order valence-corrected chi connectivity index (χ0v) is 10.6. The summed E-state index contributed by atoms with van der Waals surface area (Å²) in [6.07, 6.45) is 2.32. The summed E-state index contributed by atoms with van der Waals surface area (Å²) in [6.45, 7) is 2.66. The summed E-state index contributed by atoms with van der Waals surface area (Å²) in [5, 5.41) is 12.4. The number of hydrogen-bond donors (Lipinski definition) is 1. The van der Waals surface area contributed by atoms with E-state index in [1.54, 1.807) is 6.07 Å². The second kappa shape index (κ2) is 5.94. The lowest BCUT2D eigenvalue weighted by Crippen LogP contribution is -2.43. The molecule has 1 aliphatic rings. The topological polar surface area (TPSA) is 39.1 Å². The van der Waals surface area contributed by atoms with Crippen LogP contribution in [0.3, 0.4) is 0 Å². The highest BCUT2D eigenvalue weighted by atomic mass is 19.1. The van der Waals surface area contributed by atoms with Crippen molar-refractivity contribution in [1.29, 1.82) is 5.26 Å². The predicted octanol–water partition coefficient (Wildman–Crippen LogP) is 1.88. The summed E-state index contributed by atoms with van der Waals surface area (Å²) in [6, 6.07) is 6.94. The number of benzene rings is 1. The van der Waals surface area contributed by atoms with Crippen molar-refractivity contribution in [1.82, 2.24) is 10.2 Å². The first-order valence-electron chi connectivity index (χ1n) is 6.30. The zero-order chi connectivity index (χ0) is 13.0. The van der Waals surface area contributed by atoms with Gasteiger partial charge in [0.2, 0.25) is 0 Å². The van der Waals surface area contributed by atoms with E-state index in [-0.39, 0.29) is 5.82 Å². The van der Waals surface area contributed by atoms with Crippen molar-refractivity contribution in [3.63, 3.8) is 0 Å². The van der Waals surface area contributed by atoms with E-state index in [2.05, 4.69) is 16.3 Å². The zero-order valence-electron chi connectivity index (χ0n) is 10.6. The van der Waals surface area contributed by atoms with Crippen LogP contribution in [0.15, 0.2) is 18.2 Å². The molecule has 0 saturated carbocycles. The third kappa shape index (κ3) is 3.06. The van der Waals surface area contributed by atoms with E-state index in [1.807, 2.05) is 7.05 Å². The lowest BCUT2D eigenvalue weighted by Gasteiger charge is -2.31. The van der Waals surface area contributed by atoms with Crippen LogP contribution in [0.2, 0.25) is 0 Å². The molecular formula is C14H18FN3. The third-order valence-corrected chi connectivity index (χ3v) is 3.50. The van der Waals surface area contributed by atoms with Gasteiger partial charge in [0.25, 0.3) is 0 Å². The maximum Gasteiger partial charge on any atom is 0.123 e. The molecular weight excluding hydrogens is 229 g/mol. The van der Waals surface area contributed by atoms with Gasteiger partial charge in [-0.25, -0.2) is 4.39 Å². The van der Waals surface area contributed by atoms with Crippen LogP contribution in [0, 0.1) is 17.1 Å². The van der Waals surface area contributed by atoms with Crippen LogP contribution >= 0.6 is 0 Å². The minimum absolute atomic E-state index is 0.279. The number of likely N-dealkylation sites (N-methyl/N-ethyl adjacent to an activating group) is 1. The fourth-order valence-electron chi connectivity index (χ4n) is 2.41. The number of nitrogens with one attached hydrogen (secondary N) is 1. The molecule has 1 N–H and O–H groups in total. The Hall–Kier alpha value is -1.44. The van der Waals surface area contributed by atoms with Crippen molar-refractivity contribution in [2.75, 3.05) is 20.1 Å². The number of nitriles is 1. The van der Waals surface area contributed by atoms with Crippen LogP contribution in [0.25, 0.3) is 0 Å². The molecule has 1 unspecified atom stereocenters. The normalized spacial score (nSPS) is 19.8. The van der Waals surface area contributed by atoms with Crippen LogP contribution in [0.4, 0.5) is 4.39 Å². The highest BCUT2D eigenvalue weighted by molar-refractivity contribution is 5.37. The van der Waals surface area contributed by atoms with Gasteiger partial charge in [-0.2, -0.15) is 5.26 Å². The Kier molecular flexibility index (Phi) is 4.29. The molecule has 0 amide bonds. The van der Waals surface area contributed by atoms with E-state index in [9.17, 15) is 4.39 Å². The summed E-state index contributed by atoms with van der Waals surface area (Å²) >= 11 is 0. The van der Waals surface area contributed by atoms with Crippen molar-refractivity contribution < 1.29 is 4.39 Å². The molecule has 1 atom stereocenters. The molecule has 1 saturated heterocycles. The molecule has 0 spiro atoms. The second-order valence-electron chi connectivity index (χ2n) is 4.83. The summed E-state index contributed by atoms with van der Waals surface area (Å²) in [5.74, 6) is -0.279. The molecule has 1 aliphatic heterocycles. The van der Waals surface area contributed by atoms with Gasteiger partial charge in [0.15, 0.2) is 0 Å². The quantitative estimate of drug-likeness (QED) is 0.886. The van der Waals surface area contributed by atoms with Crippen molar-refractivity contribution in [3.8, 4) is 6.07 Å². The van der Waals surface area contributed by atoms with Gasteiger partial charge in [-0.3, -0.25) is 4.90 Å². The summed E-state index contributed by atoms with van der Waals surface area (Å²) in [7, 11) is 2.03. The third-order valence-electron chi connectivity index (χ3n) is 3.50. The Morgan fingerprint density at radius 1 is 1.56 bits per heavy atom. The van der Waals surface area contributed by atoms with Gasteiger partial charge < -0.3 is 5.32 Å². The first-order chi connectivity index (χ1) is 8.70. The molecule has 3 nitrogen and oxygen atoms in total. The average molecular weight is 247 g/mol.